The maximum absolute atomic E-state index is 12.2. The maximum Gasteiger partial charge on any atom is 0.176 e. The molecule has 0 radical (unpaired) electrons. The second-order valence-electron chi connectivity index (χ2n) is 5.39. The Hall–Kier alpha value is -1.70. The number of ketones is 1. The fraction of sp³-hybridized carbons (Fsp3) is 0.500. The number of Topliss-reactive ketones (excluding diaryl/α,β-unsaturated/α-hetero) is 1. The Bertz CT molecular complexity index is 504. The van der Waals surface area contributed by atoms with Crippen molar-refractivity contribution in [1.29, 1.82) is 5.26 Å². The van der Waals surface area contributed by atoms with Crippen molar-refractivity contribution in [2.24, 2.45) is 5.92 Å². The first kappa shape index (κ1) is 14.7. The third-order valence-corrected chi connectivity index (χ3v) is 3.98. The van der Waals surface area contributed by atoms with Crippen LogP contribution in [0.4, 0.5) is 0 Å². The quantitative estimate of drug-likeness (QED) is 0.788. The van der Waals surface area contributed by atoms with Gasteiger partial charge in [-0.1, -0.05) is 19.1 Å². The lowest BCUT2D eigenvalue weighted by Crippen LogP contribution is -2.45. The molecule has 1 fully saturated rings. The van der Waals surface area contributed by atoms with Crippen molar-refractivity contribution in [1.82, 2.24) is 4.90 Å². The van der Waals surface area contributed by atoms with Gasteiger partial charge < -0.3 is 4.74 Å². The van der Waals surface area contributed by atoms with Crippen molar-refractivity contribution in [3.05, 3.63) is 35.4 Å². The molecule has 1 saturated heterocycles. The first-order valence-corrected chi connectivity index (χ1v) is 6.92. The van der Waals surface area contributed by atoms with E-state index in [2.05, 4.69) is 17.9 Å². The number of rotatable bonds is 4. The fourth-order valence-corrected chi connectivity index (χ4v) is 2.57. The summed E-state index contributed by atoms with van der Waals surface area (Å²) in [7, 11) is 1.73. The van der Waals surface area contributed by atoms with E-state index in [1.54, 1.807) is 31.4 Å². The van der Waals surface area contributed by atoms with Crippen molar-refractivity contribution < 1.29 is 9.53 Å². The summed E-state index contributed by atoms with van der Waals surface area (Å²) in [5, 5.41) is 8.75. The second kappa shape index (κ2) is 6.65. The van der Waals surface area contributed by atoms with Crippen LogP contribution in [0.2, 0.25) is 0 Å². The predicted octanol–water partition coefficient (Wildman–Crippen LogP) is 2.10. The van der Waals surface area contributed by atoms with Gasteiger partial charge in [-0.2, -0.15) is 5.26 Å². The Morgan fingerprint density at radius 2 is 2.15 bits per heavy atom. The van der Waals surface area contributed by atoms with Crippen molar-refractivity contribution in [2.45, 2.75) is 19.4 Å². The van der Waals surface area contributed by atoms with Gasteiger partial charge in [0.2, 0.25) is 0 Å². The molecule has 0 aromatic heterocycles. The maximum atomic E-state index is 12.2. The largest absolute Gasteiger partial charge is 0.380 e. The van der Waals surface area contributed by atoms with Crippen molar-refractivity contribution in [3.63, 3.8) is 0 Å². The Kier molecular flexibility index (Phi) is 4.89. The lowest BCUT2D eigenvalue weighted by Gasteiger charge is -2.35. The molecule has 1 heterocycles. The Morgan fingerprint density at radius 1 is 1.45 bits per heavy atom. The molecule has 0 aliphatic carbocycles. The highest BCUT2D eigenvalue weighted by Gasteiger charge is 2.27. The van der Waals surface area contributed by atoms with E-state index in [4.69, 9.17) is 10.00 Å². The molecule has 20 heavy (non-hydrogen) atoms. The molecule has 4 heteroatoms. The summed E-state index contributed by atoms with van der Waals surface area (Å²) in [6.45, 7) is 4.34. The zero-order chi connectivity index (χ0) is 14.5. The number of hydrogen-bond acceptors (Lipinski definition) is 4. The summed E-state index contributed by atoms with van der Waals surface area (Å²) in [6, 6.07) is 8.87. The zero-order valence-corrected chi connectivity index (χ0v) is 12.0. The van der Waals surface area contributed by atoms with Crippen LogP contribution in [0.3, 0.4) is 0 Å². The van der Waals surface area contributed by atoms with Gasteiger partial charge in [0.15, 0.2) is 5.78 Å². The van der Waals surface area contributed by atoms with Crippen molar-refractivity contribution in [3.8, 4) is 6.07 Å². The van der Waals surface area contributed by atoms with Gasteiger partial charge in [-0.3, -0.25) is 9.69 Å². The Morgan fingerprint density at radius 3 is 2.75 bits per heavy atom. The van der Waals surface area contributed by atoms with Crippen LogP contribution in [-0.2, 0) is 4.74 Å². The molecule has 1 aromatic carbocycles. The van der Waals surface area contributed by atoms with Gasteiger partial charge in [-0.25, -0.2) is 0 Å². The number of carbonyl (C=O) groups excluding carboxylic acids is 1. The van der Waals surface area contributed by atoms with Crippen LogP contribution < -0.4 is 0 Å². The highest BCUT2D eigenvalue weighted by molar-refractivity contribution is 5.97. The topological polar surface area (TPSA) is 53.3 Å². The molecule has 1 aromatic rings. The van der Waals surface area contributed by atoms with E-state index in [0.717, 1.165) is 19.5 Å². The predicted molar refractivity (Wildman–Crippen MR) is 76.5 cm³/mol. The molecule has 106 valence electrons. The minimum Gasteiger partial charge on any atom is -0.380 e. The normalized spacial score (nSPS) is 23.2. The van der Waals surface area contributed by atoms with Crippen LogP contribution in [-0.4, -0.2) is 43.5 Å². The Labute approximate surface area is 120 Å². The van der Waals surface area contributed by atoms with Crippen LogP contribution in [0.1, 0.15) is 29.3 Å². The molecule has 2 rings (SSSR count). The average Bonchev–Trinajstić information content (AvgIpc) is 2.49. The van der Waals surface area contributed by atoms with Crippen LogP contribution in [0.5, 0.6) is 0 Å². The molecule has 1 aliphatic heterocycles. The third kappa shape index (κ3) is 3.44. The molecule has 0 saturated carbocycles. The number of methoxy groups -OCH3 is 1. The molecule has 0 N–H and O–H groups in total. The van der Waals surface area contributed by atoms with Gasteiger partial charge in [0.25, 0.3) is 0 Å². The summed E-state index contributed by atoms with van der Waals surface area (Å²) in [6.07, 6.45) is 1.26. The van der Waals surface area contributed by atoms with Crippen LogP contribution in [0.25, 0.3) is 0 Å². The van der Waals surface area contributed by atoms with E-state index < -0.39 is 0 Å². The van der Waals surface area contributed by atoms with E-state index in [9.17, 15) is 4.79 Å². The molecule has 0 amide bonds. The highest BCUT2D eigenvalue weighted by Crippen LogP contribution is 2.19. The van der Waals surface area contributed by atoms with Crippen molar-refractivity contribution >= 4 is 5.78 Å². The van der Waals surface area contributed by atoms with E-state index in [0.29, 0.717) is 23.6 Å². The van der Waals surface area contributed by atoms with Crippen molar-refractivity contribution in [2.75, 3.05) is 26.7 Å². The van der Waals surface area contributed by atoms with Crippen LogP contribution in [0.15, 0.2) is 24.3 Å². The third-order valence-electron chi connectivity index (χ3n) is 3.98. The fourth-order valence-electron chi connectivity index (χ4n) is 2.57. The molecule has 1 aliphatic rings. The number of piperidine rings is 1. The molecule has 2 unspecified atom stereocenters. The number of nitriles is 1. The summed E-state index contributed by atoms with van der Waals surface area (Å²) in [5.74, 6) is 0.639. The highest BCUT2D eigenvalue weighted by atomic mass is 16.5. The molecule has 2 atom stereocenters. The van der Waals surface area contributed by atoms with Gasteiger partial charge in [0.1, 0.15) is 0 Å². The Balaban J connectivity index is 1.95. The number of benzene rings is 1. The minimum absolute atomic E-state index is 0.0962. The van der Waals surface area contributed by atoms with Gasteiger partial charge in [-0.15, -0.1) is 0 Å². The molecule has 0 bridgehead atoms. The average molecular weight is 272 g/mol. The van der Waals surface area contributed by atoms with Gasteiger partial charge in [-0.05, 0) is 31.0 Å². The lowest BCUT2D eigenvalue weighted by atomic mass is 9.95. The SMILES string of the molecule is COC1CN(CC(=O)c2ccc(C#N)cc2)CCC1C. The summed E-state index contributed by atoms with van der Waals surface area (Å²) in [5.41, 5.74) is 1.24. The summed E-state index contributed by atoms with van der Waals surface area (Å²) in [4.78, 5) is 14.4. The van der Waals surface area contributed by atoms with Crippen LogP contribution >= 0.6 is 0 Å². The van der Waals surface area contributed by atoms with Gasteiger partial charge >= 0.3 is 0 Å². The van der Waals surface area contributed by atoms with E-state index in [1.165, 1.54) is 0 Å². The summed E-state index contributed by atoms with van der Waals surface area (Å²) >= 11 is 0. The van der Waals surface area contributed by atoms with E-state index in [-0.39, 0.29) is 11.9 Å². The van der Waals surface area contributed by atoms with Gasteiger partial charge in [0.05, 0.1) is 24.3 Å². The molecule has 4 nitrogen and oxygen atoms in total. The van der Waals surface area contributed by atoms with Gasteiger partial charge in [0, 0.05) is 19.2 Å². The van der Waals surface area contributed by atoms with E-state index in [1.807, 2.05) is 0 Å². The monoisotopic (exact) mass is 272 g/mol. The molecular formula is C16H20N2O2. The molecule has 0 spiro atoms. The minimum atomic E-state index is 0.0962. The number of hydrogen-bond donors (Lipinski definition) is 0. The molecular weight excluding hydrogens is 252 g/mol. The number of likely N-dealkylation sites (tertiary alicyclic amines) is 1. The van der Waals surface area contributed by atoms with Crippen LogP contribution in [0, 0.1) is 17.2 Å². The standard InChI is InChI=1S/C16H20N2O2/c1-12-7-8-18(11-16(12)20-2)10-15(19)14-5-3-13(9-17)4-6-14/h3-6,12,16H,7-8,10-11H2,1-2H3. The number of nitrogens with zero attached hydrogens (tertiary/aromatic N) is 2. The first-order valence-electron chi connectivity index (χ1n) is 6.92. The second-order valence-corrected chi connectivity index (χ2v) is 5.39. The number of ether oxygens (including phenoxy) is 1. The summed E-state index contributed by atoms with van der Waals surface area (Å²) < 4.78 is 5.46. The lowest BCUT2D eigenvalue weighted by molar-refractivity contribution is -0.00324. The smallest absolute Gasteiger partial charge is 0.176 e. The first-order chi connectivity index (χ1) is 9.63. The number of carbonyl (C=O) groups is 1. The van der Waals surface area contributed by atoms with E-state index >= 15 is 0 Å². The zero-order valence-electron chi connectivity index (χ0n) is 12.0.